The number of thiophene rings is 1. The van der Waals surface area contributed by atoms with Gasteiger partial charge < -0.3 is 10.1 Å². The van der Waals surface area contributed by atoms with Crippen molar-refractivity contribution in [2.75, 3.05) is 18.2 Å². The van der Waals surface area contributed by atoms with Crippen LogP contribution in [0.15, 0.2) is 30.3 Å². The SMILES string of the molecule is COC(=O)c1c(NC(=S)NNC(=O)CSCc2ccccc2)sc2c1CC[C@@H](C)C2. The van der Waals surface area contributed by atoms with E-state index >= 15 is 0 Å². The van der Waals surface area contributed by atoms with E-state index in [-0.39, 0.29) is 17.0 Å². The minimum atomic E-state index is -0.367. The van der Waals surface area contributed by atoms with E-state index in [1.807, 2.05) is 30.3 Å². The summed E-state index contributed by atoms with van der Waals surface area (Å²) in [6.07, 6.45) is 2.85. The van der Waals surface area contributed by atoms with Gasteiger partial charge in [0.1, 0.15) is 5.00 Å². The van der Waals surface area contributed by atoms with E-state index in [0.717, 1.165) is 30.6 Å². The highest BCUT2D eigenvalue weighted by Crippen LogP contribution is 2.39. The third-order valence-electron chi connectivity index (χ3n) is 4.79. The number of benzene rings is 1. The lowest BCUT2D eigenvalue weighted by molar-refractivity contribution is -0.119. The monoisotopic (exact) mass is 463 g/mol. The molecule has 0 bridgehead atoms. The summed E-state index contributed by atoms with van der Waals surface area (Å²) in [5.41, 5.74) is 8.09. The van der Waals surface area contributed by atoms with Gasteiger partial charge >= 0.3 is 5.97 Å². The molecule has 1 aromatic heterocycles. The van der Waals surface area contributed by atoms with Crippen LogP contribution in [0.3, 0.4) is 0 Å². The van der Waals surface area contributed by atoms with Crippen molar-refractivity contribution in [2.45, 2.75) is 31.9 Å². The first-order valence-corrected chi connectivity index (χ1v) is 12.1. The zero-order valence-electron chi connectivity index (χ0n) is 16.9. The lowest BCUT2D eigenvalue weighted by Crippen LogP contribution is -2.44. The lowest BCUT2D eigenvalue weighted by atomic mass is 9.88. The minimum absolute atomic E-state index is 0.174. The highest BCUT2D eigenvalue weighted by Gasteiger charge is 2.28. The van der Waals surface area contributed by atoms with Gasteiger partial charge in [0.25, 0.3) is 0 Å². The van der Waals surface area contributed by atoms with Crippen LogP contribution in [0.25, 0.3) is 0 Å². The number of anilines is 1. The maximum Gasteiger partial charge on any atom is 0.341 e. The predicted molar refractivity (Wildman–Crippen MR) is 127 cm³/mol. The molecule has 160 valence electrons. The quantitative estimate of drug-likeness (QED) is 0.340. The van der Waals surface area contributed by atoms with E-state index in [2.05, 4.69) is 23.1 Å². The zero-order chi connectivity index (χ0) is 21.5. The first-order valence-electron chi connectivity index (χ1n) is 9.68. The minimum Gasteiger partial charge on any atom is -0.465 e. The second-order valence-electron chi connectivity index (χ2n) is 7.15. The summed E-state index contributed by atoms with van der Waals surface area (Å²) >= 11 is 8.35. The third kappa shape index (κ3) is 5.96. The molecule has 9 heteroatoms. The number of nitrogens with one attached hydrogen (secondary N) is 3. The molecule has 1 aliphatic carbocycles. The first-order chi connectivity index (χ1) is 14.5. The Kier molecular flexibility index (Phi) is 8.12. The highest BCUT2D eigenvalue weighted by molar-refractivity contribution is 7.99. The number of hydrogen-bond donors (Lipinski definition) is 3. The van der Waals surface area contributed by atoms with Crippen LogP contribution in [-0.4, -0.2) is 29.9 Å². The van der Waals surface area contributed by atoms with E-state index in [4.69, 9.17) is 17.0 Å². The van der Waals surface area contributed by atoms with Crippen LogP contribution in [0.2, 0.25) is 0 Å². The summed E-state index contributed by atoms with van der Waals surface area (Å²) in [6.45, 7) is 2.21. The number of fused-ring (bicyclic) bond motifs is 1. The number of esters is 1. The molecule has 3 rings (SSSR count). The fourth-order valence-corrected chi connectivity index (χ4v) is 5.70. The molecule has 1 atom stereocenters. The van der Waals surface area contributed by atoms with Gasteiger partial charge in [-0.3, -0.25) is 15.6 Å². The molecule has 6 nitrogen and oxygen atoms in total. The predicted octanol–water partition coefficient (Wildman–Crippen LogP) is 3.91. The normalized spacial score (nSPS) is 15.1. The number of thiocarbonyl (C=S) groups is 1. The second-order valence-corrected chi connectivity index (χ2v) is 9.65. The van der Waals surface area contributed by atoms with Gasteiger partial charge in [-0.15, -0.1) is 23.1 Å². The van der Waals surface area contributed by atoms with E-state index < -0.39 is 0 Å². The van der Waals surface area contributed by atoms with Crippen molar-refractivity contribution in [2.24, 2.45) is 5.92 Å². The number of hydrazine groups is 1. The van der Waals surface area contributed by atoms with Crippen molar-refractivity contribution >= 4 is 57.3 Å². The van der Waals surface area contributed by atoms with Gasteiger partial charge in [-0.1, -0.05) is 37.3 Å². The van der Waals surface area contributed by atoms with Gasteiger partial charge in [0.15, 0.2) is 5.11 Å². The molecule has 0 unspecified atom stereocenters. The molecule has 0 aliphatic heterocycles. The van der Waals surface area contributed by atoms with Crippen molar-refractivity contribution in [3.05, 3.63) is 51.9 Å². The summed E-state index contributed by atoms with van der Waals surface area (Å²) < 4.78 is 4.98. The van der Waals surface area contributed by atoms with E-state index in [0.29, 0.717) is 22.2 Å². The molecule has 1 heterocycles. The Morgan fingerprint density at radius 2 is 2.03 bits per heavy atom. The lowest BCUT2D eigenvalue weighted by Gasteiger charge is -2.18. The molecule has 0 spiro atoms. The Morgan fingerprint density at radius 3 is 2.77 bits per heavy atom. The fourth-order valence-electron chi connectivity index (χ4n) is 3.29. The molecule has 0 radical (unpaired) electrons. The van der Waals surface area contributed by atoms with Crippen LogP contribution in [-0.2, 0) is 28.1 Å². The van der Waals surface area contributed by atoms with Gasteiger partial charge in [0.2, 0.25) is 5.91 Å². The number of hydrogen-bond acceptors (Lipinski definition) is 6. The number of methoxy groups -OCH3 is 1. The molecule has 3 N–H and O–H groups in total. The summed E-state index contributed by atoms with van der Waals surface area (Å²) in [5.74, 6) is 1.12. The van der Waals surface area contributed by atoms with Crippen molar-refractivity contribution in [3.8, 4) is 0 Å². The van der Waals surface area contributed by atoms with Gasteiger partial charge in [0.05, 0.1) is 18.4 Å². The average molecular weight is 464 g/mol. The molecule has 0 saturated carbocycles. The molecule has 1 aliphatic rings. The molecule has 0 saturated heterocycles. The molecular weight excluding hydrogens is 438 g/mol. The van der Waals surface area contributed by atoms with Crippen molar-refractivity contribution in [1.82, 2.24) is 10.9 Å². The Morgan fingerprint density at radius 1 is 1.27 bits per heavy atom. The summed E-state index contributed by atoms with van der Waals surface area (Å²) in [6, 6.07) is 9.99. The Balaban J connectivity index is 1.52. The van der Waals surface area contributed by atoms with E-state index in [9.17, 15) is 9.59 Å². The van der Waals surface area contributed by atoms with Crippen LogP contribution < -0.4 is 16.2 Å². The van der Waals surface area contributed by atoms with Crippen molar-refractivity contribution in [1.29, 1.82) is 0 Å². The summed E-state index contributed by atoms with van der Waals surface area (Å²) in [4.78, 5) is 25.6. The number of rotatable bonds is 6. The number of ether oxygens (including phenoxy) is 1. The smallest absolute Gasteiger partial charge is 0.341 e. The summed E-state index contributed by atoms with van der Waals surface area (Å²) in [5, 5.41) is 3.94. The number of carbonyl (C=O) groups is 2. The molecule has 2 aromatic rings. The van der Waals surface area contributed by atoms with Gasteiger partial charge in [0, 0.05) is 10.6 Å². The second kappa shape index (κ2) is 10.8. The third-order valence-corrected chi connectivity index (χ3v) is 7.17. The molecular formula is C21H25N3O3S3. The molecule has 1 aromatic carbocycles. The number of carbonyl (C=O) groups excluding carboxylic acids is 2. The highest BCUT2D eigenvalue weighted by atomic mass is 32.2. The largest absolute Gasteiger partial charge is 0.465 e. The van der Waals surface area contributed by atoms with Crippen molar-refractivity contribution < 1.29 is 14.3 Å². The standard InChI is InChI=1S/C21H25N3O3S3/c1-13-8-9-15-16(10-13)30-19(18(15)20(26)27-2)22-21(28)24-23-17(25)12-29-11-14-6-4-3-5-7-14/h3-7,13H,8-12H2,1-2H3,(H,23,25)(H2,22,24,28)/t13-/m1/s1. The number of thioether (sulfide) groups is 1. The van der Waals surface area contributed by atoms with Crippen LogP contribution in [0.1, 0.15) is 39.7 Å². The zero-order valence-corrected chi connectivity index (χ0v) is 19.4. The van der Waals surface area contributed by atoms with E-state index in [1.165, 1.54) is 40.6 Å². The Labute approximate surface area is 190 Å². The Hall–Kier alpha value is -2.10. The molecule has 0 fully saturated rings. The first kappa shape index (κ1) is 22.6. The van der Waals surface area contributed by atoms with Gasteiger partial charge in [-0.2, -0.15) is 0 Å². The maximum atomic E-state index is 12.3. The van der Waals surface area contributed by atoms with Crippen molar-refractivity contribution in [3.63, 3.8) is 0 Å². The van der Waals surface area contributed by atoms with Crippen LogP contribution in [0.4, 0.5) is 5.00 Å². The van der Waals surface area contributed by atoms with Gasteiger partial charge in [-0.05, 0) is 48.5 Å². The summed E-state index contributed by atoms with van der Waals surface area (Å²) in [7, 11) is 1.38. The van der Waals surface area contributed by atoms with E-state index in [1.54, 1.807) is 0 Å². The molecule has 1 amide bonds. The van der Waals surface area contributed by atoms with Crippen LogP contribution in [0.5, 0.6) is 0 Å². The fraction of sp³-hybridized carbons (Fsp3) is 0.381. The van der Waals surface area contributed by atoms with Crippen LogP contribution in [0, 0.1) is 5.92 Å². The topological polar surface area (TPSA) is 79.5 Å². The Bertz CT molecular complexity index is 915. The van der Waals surface area contributed by atoms with Crippen LogP contribution >= 0.6 is 35.3 Å². The average Bonchev–Trinajstić information content (AvgIpc) is 3.09. The van der Waals surface area contributed by atoms with Gasteiger partial charge in [-0.25, -0.2) is 4.79 Å². The molecule has 30 heavy (non-hydrogen) atoms. The number of amides is 1. The maximum absolute atomic E-state index is 12.3.